The normalized spacial score (nSPS) is 16.9. The van der Waals surface area contributed by atoms with Gasteiger partial charge in [0.15, 0.2) is 5.96 Å². The lowest BCUT2D eigenvalue weighted by molar-refractivity contribution is 0.289. The molecule has 1 heterocycles. The maximum Gasteiger partial charge on any atom is 0.191 e. The molecule has 4 nitrogen and oxygen atoms in total. The van der Waals surface area contributed by atoms with Crippen molar-refractivity contribution in [2.45, 2.75) is 39.2 Å². The number of rotatable bonds is 6. The monoisotopic (exact) mass is 320 g/mol. The van der Waals surface area contributed by atoms with Gasteiger partial charge in [0, 0.05) is 19.6 Å². The summed E-state index contributed by atoms with van der Waals surface area (Å²) in [6.07, 6.45) is 5.37. The predicted molar refractivity (Wildman–Crippen MR) is 94.1 cm³/mol. The molecule has 0 amide bonds. The van der Waals surface area contributed by atoms with Gasteiger partial charge in [-0.25, -0.2) is 9.38 Å². The Morgan fingerprint density at radius 2 is 1.78 bits per heavy atom. The molecule has 0 aromatic heterocycles. The van der Waals surface area contributed by atoms with Gasteiger partial charge in [-0.3, -0.25) is 0 Å². The Morgan fingerprint density at radius 3 is 2.43 bits per heavy atom. The third-order valence-corrected chi connectivity index (χ3v) is 4.10. The summed E-state index contributed by atoms with van der Waals surface area (Å²) >= 11 is 0. The standard InChI is InChI=1S/C18H29FN4/c1-2-20-18(22-15-16-7-9-17(19)10-8-16)21-11-14-23-12-5-3-4-6-13-23/h7-10H,2-6,11-15H2,1H3,(H2,20,21,22). The number of hydrogen-bond acceptors (Lipinski definition) is 2. The molecule has 0 unspecified atom stereocenters. The van der Waals surface area contributed by atoms with Gasteiger partial charge in [0.1, 0.15) is 5.82 Å². The molecule has 128 valence electrons. The molecule has 1 aromatic carbocycles. The average Bonchev–Trinajstić information content (AvgIpc) is 2.83. The fourth-order valence-corrected chi connectivity index (χ4v) is 2.79. The van der Waals surface area contributed by atoms with E-state index in [1.54, 1.807) is 12.1 Å². The minimum Gasteiger partial charge on any atom is -0.357 e. The second-order valence-corrected chi connectivity index (χ2v) is 6.00. The second kappa shape index (κ2) is 10.2. The summed E-state index contributed by atoms with van der Waals surface area (Å²) in [5, 5.41) is 6.65. The minimum absolute atomic E-state index is 0.208. The van der Waals surface area contributed by atoms with Gasteiger partial charge >= 0.3 is 0 Å². The zero-order valence-electron chi connectivity index (χ0n) is 14.2. The van der Waals surface area contributed by atoms with Crippen LogP contribution in [0.4, 0.5) is 4.39 Å². The first-order valence-corrected chi connectivity index (χ1v) is 8.77. The summed E-state index contributed by atoms with van der Waals surface area (Å²) in [5.41, 5.74) is 1.01. The van der Waals surface area contributed by atoms with E-state index in [2.05, 4.69) is 27.4 Å². The van der Waals surface area contributed by atoms with Gasteiger partial charge in [0.05, 0.1) is 6.54 Å². The van der Waals surface area contributed by atoms with Crippen LogP contribution in [0.25, 0.3) is 0 Å². The highest BCUT2D eigenvalue weighted by atomic mass is 19.1. The Bertz CT molecular complexity index is 464. The van der Waals surface area contributed by atoms with Crippen molar-refractivity contribution in [2.75, 3.05) is 32.7 Å². The average molecular weight is 320 g/mol. The van der Waals surface area contributed by atoms with Gasteiger partial charge in [-0.05, 0) is 50.6 Å². The van der Waals surface area contributed by atoms with Crippen molar-refractivity contribution >= 4 is 5.96 Å². The van der Waals surface area contributed by atoms with Crippen LogP contribution in [0.2, 0.25) is 0 Å². The number of nitrogens with zero attached hydrogens (tertiary/aromatic N) is 2. The molecule has 0 radical (unpaired) electrons. The summed E-state index contributed by atoms with van der Waals surface area (Å²) in [7, 11) is 0. The van der Waals surface area contributed by atoms with Gasteiger partial charge in [0.2, 0.25) is 0 Å². The van der Waals surface area contributed by atoms with E-state index < -0.39 is 0 Å². The number of halogens is 1. The zero-order valence-corrected chi connectivity index (χ0v) is 14.2. The maximum atomic E-state index is 12.9. The maximum absolute atomic E-state index is 12.9. The lowest BCUT2D eigenvalue weighted by Crippen LogP contribution is -2.41. The van der Waals surface area contributed by atoms with Crippen molar-refractivity contribution in [1.29, 1.82) is 0 Å². The molecule has 0 spiro atoms. The lowest BCUT2D eigenvalue weighted by Gasteiger charge is -2.20. The molecule has 0 saturated carbocycles. The Morgan fingerprint density at radius 1 is 1.09 bits per heavy atom. The van der Waals surface area contributed by atoms with E-state index >= 15 is 0 Å². The lowest BCUT2D eigenvalue weighted by atomic mass is 10.2. The SMILES string of the molecule is CCNC(=NCc1ccc(F)cc1)NCCN1CCCCCC1. The van der Waals surface area contributed by atoms with E-state index in [-0.39, 0.29) is 5.82 Å². The topological polar surface area (TPSA) is 39.7 Å². The molecule has 5 heteroatoms. The number of benzene rings is 1. The van der Waals surface area contributed by atoms with Crippen LogP contribution >= 0.6 is 0 Å². The fraction of sp³-hybridized carbons (Fsp3) is 0.611. The molecule has 2 N–H and O–H groups in total. The van der Waals surface area contributed by atoms with Crippen molar-refractivity contribution in [3.05, 3.63) is 35.6 Å². The van der Waals surface area contributed by atoms with Crippen LogP contribution in [-0.4, -0.2) is 43.6 Å². The molecular weight excluding hydrogens is 291 g/mol. The first-order chi connectivity index (χ1) is 11.3. The number of hydrogen-bond donors (Lipinski definition) is 2. The predicted octanol–water partition coefficient (Wildman–Crippen LogP) is 2.76. The van der Waals surface area contributed by atoms with Crippen molar-refractivity contribution in [3.8, 4) is 0 Å². The molecule has 2 rings (SSSR count). The van der Waals surface area contributed by atoms with Gasteiger partial charge in [-0.2, -0.15) is 0 Å². The van der Waals surface area contributed by atoms with Crippen molar-refractivity contribution in [2.24, 2.45) is 4.99 Å². The van der Waals surface area contributed by atoms with Crippen LogP contribution in [-0.2, 0) is 6.54 Å². The first kappa shape index (κ1) is 17.7. The molecule has 1 fully saturated rings. The van der Waals surface area contributed by atoms with Crippen LogP contribution in [0.3, 0.4) is 0 Å². The molecule has 23 heavy (non-hydrogen) atoms. The molecule has 0 aliphatic carbocycles. The Balaban J connectivity index is 1.77. The van der Waals surface area contributed by atoms with Gasteiger partial charge in [-0.1, -0.05) is 25.0 Å². The van der Waals surface area contributed by atoms with Crippen LogP contribution in [0.5, 0.6) is 0 Å². The summed E-state index contributed by atoms with van der Waals surface area (Å²) in [4.78, 5) is 7.10. The molecular formula is C18H29FN4. The summed E-state index contributed by atoms with van der Waals surface area (Å²) in [6.45, 7) is 7.83. The van der Waals surface area contributed by atoms with Crippen LogP contribution in [0.1, 0.15) is 38.2 Å². The highest BCUT2D eigenvalue weighted by Crippen LogP contribution is 2.08. The number of nitrogens with one attached hydrogen (secondary N) is 2. The second-order valence-electron chi connectivity index (χ2n) is 6.00. The molecule has 1 aliphatic rings. The van der Waals surface area contributed by atoms with Gasteiger partial charge in [-0.15, -0.1) is 0 Å². The van der Waals surface area contributed by atoms with E-state index in [9.17, 15) is 4.39 Å². The molecule has 0 bridgehead atoms. The first-order valence-electron chi connectivity index (χ1n) is 8.77. The molecule has 1 aromatic rings. The van der Waals surface area contributed by atoms with E-state index in [0.717, 1.165) is 31.2 Å². The van der Waals surface area contributed by atoms with E-state index in [1.807, 2.05) is 0 Å². The third kappa shape index (κ3) is 6.99. The van der Waals surface area contributed by atoms with Crippen molar-refractivity contribution < 1.29 is 4.39 Å². The Kier molecular flexibility index (Phi) is 7.87. The van der Waals surface area contributed by atoms with Gasteiger partial charge in [0.25, 0.3) is 0 Å². The highest BCUT2D eigenvalue weighted by molar-refractivity contribution is 5.79. The Hall–Kier alpha value is -1.62. The largest absolute Gasteiger partial charge is 0.357 e. The summed E-state index contributed by atoms with van der Waals surface area (Å²) < 4.78 is 12.9. The summed E-state index contributed by atoms with van der Waals surface area (Å²) in [6, 6.07) is 6.51. The van der Waals surface area contributed by atoms with Crippen molar-refractivity contribution in [1.82, 2.24) is 15.5 Å². The molecule has 1 aliphatic heterocycles. The summed E-state index contributed by atoms with van der Waals surface area (Å²) in [5.74, 6) is 0.617. The zero-order chi connectivity index (χ0) is 16.3. The van der Waals surface area contributed by atoms with Crippen molar-refractivity contribution in [3.63, 3.8) is 0 Å². The van der Waals surface area contributed by atoms with E-state index in [0.29, 0.717) is 6.54 Å². The smallest absolute Gasteiger partial charge is 0.191 e. The molecule has 0 atom stereocenters. The van der Waals surface area contributed by atoms with Crippen LogP contribution in [0.15, 0.2) is 29.3 Å². The van der Waals surface area contributed by atoms with E-state index in [1.165, 1.54) is 50.9 Å². The fourth-order valence-electron chi connectivity index (χ4n) is 2.79. The quantitative estimate of drug-likeness (QED) is 0.625. The van der Waals surface area contributed by atoms with E-state index in [4.69, 9.17) is 0 Å². The molecule has 1 saturated heterocycles. The minimum atomic E-state index is -0.208. The third-order valence-electron chi connectivity index (χ3n) is 4.10. The number of likely N-dealkylation sites (tertiary alicyclic amines) is 1. The van der Waals surface area contributed by atoms with Crippen LogP contribution < -0.4 is 10.6 Å². The Labute approximate surface area is 139 Å². The highest BCUT2D eigenvalue weighted by Gasteiger charge is 2.08. The number of aliphatic imine (C=N–C) groups is 1. The van der Waals surface area contributed by atoms with Gasteiger partial charge < -0.3 is 15.5 Å². The van der Waals surface area contributed by atoms with Crippen LogP contribution in [0, 0.1) is 5.82 Å². The number of guanidine groups is 1.